The van der Waals surface area contributed by atoms with Crippen molar-refractivity contribution < 1.29 is 4.79 Å². The molecule has 1 aliphatic carbocycles. The fourth-order valence-electron chi connectivity index (χ4n) is 4.83. The van der Waals surface area contributed by atoms with E-state index in [9.17, 15) is 4.79 Å². The first-order valence-electron chi connectivity index (χ1n) is 11.3. The molecule has 0 spiro atoms. The lowest BCUT2D eigenvalue weighted by molar-refractivity contribution is 0.0994. The van der Waals surface area contributed by atoms with Crippen molar-refractivity contribution in [1.29, 1.82) is 5.26 Å². The van der Waals surface area contributed by atoms with Gasteiger partial charge in [0.1, 0.15) is 6.07 Å². The van der Waals surface area contributed by atoms with Crippen molar-refractivity contribution in [2.24, 2.45) is 11.8 Å². The molecule has 0 atom stereocenters. The molecule has 0 saturated heterocycles. The van der Waals surface area contributed by atoms with Gasteiger partial charge in [-0.05, 0) is 55.2 Å². The van der Waals surface area contributed by atoms with Crippen LogP contribution in [0.15, 0.2) is 43.0 Å². The summed E-state index contributed by atoms with van der Waals surface area (Å²) in [6, 6.07) is 8.53. The maximum absolute atomic E-state index is 12.9. The Labute approximate surface area is 186 Å². The van der Waals surface area contributed by atoms with Gasteiger partial charge in [-0.3, -0.25) is 9.48 Å². The predicted octanol–water partition coefficient (Wildman–Crippen LogP) is 4.76. The number of nitrogens with zero attached hydrogens (tertiary/aromatic N) is 6. The molecular weight excluding hydrogens is 400 g/mol. The Kier molecular flexibility index (Phi) is 5.22. The van der Waals surface area contributed by atoms with E-state index in [2.05, 4.69) is 40.9 Å². The van der Waals surface area contributed by atoms with Crippen LogP contribution in [0.25, 0.3) is 16.6 Å². The van der Waals surface area contributed by atoms with Crippen molar-refractivity contribution in [2.45, 2.75) is 52.0 Å². The third kappa shape index (κ3) is 3.77. The Morgan fingerprint density at radius 2 is 2.00 bits per heavy atom. The molecule has 1 aromatic carbocycles. The fourth-order valence-corrected chi connectivity index (χ4v) is 4.83. The minimum atomic E-state index is -0.0454. The Bertz CT molecular complexity index is 1330. The van der Waals surface area contributed by atoms with Crippen LogP contribution < -0.4 is 0 Å². The molecule has 0 bridgehead atoms. The predicted molar refractivity (Wildman–Crippen MR) is 121 cm³/mol. The average Bonchev–Trinajstić information content (AvgIpc) is 3.42. The third-order valence-electron chi connectivity index (χ3n) is 6.80. The number of carbonyl (C=O) groups excluding carboxylic acids is 1. The van der Waals surface area contributed by atoms with E-state index in [4.69, 9.17) is 10.4 Å². The van der Waals surface area contributed by atoms with Gasteiger partial charge in [0, 0.05) is 24.2 Å². The van der Waals surface area contributed by atoms with Crippen molar-refractivity contribution in [3.05, 3.63) is 59.7 Å². The summed E-state index contributed by atoms with van der Waals surface area (Å²) in [6.07, 6.45) is 11.8. The largest absolute Gasteiger partial charge is 0.294 e. The second kappa shape index (κ2) is 8.19. The normalized spacial score (nSPS) is 18.9. The minimum Gasteiger partial charge on any atom is -0.294 e. The number of hydrogen-bond acceptors (Lipinski definition) is 5. The van der Waals surface area contributed by atoms with E-state index in [1.54, 1.807) is 6.20 Å². The van der Waals surface area contributed by atoms with Crippen LogP contribution in [-0.4, -0.2) is 30.2 Å². The second-order valence-corrected chi connectivity index (χ2v) is 9.20. The van der Waals surface area contributed by atoms with Crippen LogP contribution >= 0.6 is 0 Å². The van der Waals surface area contributed by atoms with Gasteiger partial charge in [-0.1, -0.05) is 19.9 Å². The van der Waals surface area contributed by atoms with Crippen LogP contribution in [0.5, 0.6) is 0 Å². The molecule has 162 valence electrons. The van der Waals surface area contributed by atoms with Crippen LogP contribution in [0, 0.1) is 23.2 Å². The number of rotatable bonds is 5. The molecule has 5 rings (SSSR count). The van der Waals surface area contributed by atoms with E-state index in [-0.39, 0.29) is 12.2 Å². The van der Waals surface area contributed by atoms with Gasteiger partial charge in [0.25, 0.3) is 0 Å². The lowest BCUT2D eigenvalue weighted by Gasteiger charge is -2.30. The Balaban J connectivity index is 1.33. The number of fused-ring (bicyclic) bond motifs is 2. The summed E-state index contributed by atoms with van der Waals surface area (Å²) < 4.78 is 3.61. The van der Waals surface area contributed by atoms with Gasteiger partial charge < -0.3 is 0 Å². The molecule has 3 heterocycles. The summed E-state index contributed by atoms with van der Waals surface area (Å²) in [5.41, 5.74) is 3.25. The topological polar surface area (TPSA) is 88.9 Å². The number of aromatic nitrogens is 5. The highest BCUT2D eigenvalue weighted by atomic mass is 16.1. The molecular formula is C25H26N6O. The molecule has 4 aromatic rings. The first-order chi connectivity index (χ1) is 15.5. The maximum Gasteiger partial charge on any atom is 0.172 e. The zero-order chi connectivity index (χ0) is 22.2. The van der Waals surface area contributed by atoms with Gasteiger partial charge in [-0.25, -0.2) is 9.50 Å². The van der Waals surface area contributed by atoms with Crippen LogP contribution in [0.3, 0.4) is 0 Å². The lowest BCUT2D eigenvalue weighted by atomic mass is 9.80. The highest BCUT2D eigenvalue weighted by molar-refractivity contribution is 6.02. The summed E-state index contributed by atoms with van der Waals surface area (Å²) in [4.78, 5) is 17.2. The second-order valence-electron chi connectivity index (χ2n) is 9.20. The Hall–Kier alpha value is -3.53. The molecule has 0 amide bonds. The van der Waals surface area contributed by atoms with Gasteiger partial charge in [-0.2, -0.15) is 15.5 Å². The summed E-state index contributed by atoms with van der Waals surface area (Å²) >= 11 is 0. The number of ketones is 1. The number of hydrogen-bond donors (Lipinski definition) is 0. The third-order valence-corrected chi connectivity index (χ3v) is 6.80. The molecule has 0 unspecified atom stereocenters. The van der Waals surface area contributed by atoms with Crippen molar-refractivity contribution in [1.82, 2.24) is 24.4 Å². The SMILES string of the molecule is CC(C)C1CCC(n2cc3cc(CC(=O)c4cnn5cc(C#N)cnc45)ccc3n2)CC1. The zero-order valence-corrected chi connectivity index (χ0v) is 18.4. The molecule has 1 saturated carbocycles. The fraction of sp³-hybridized carbons (Fsp3) is 0.400. The summed E-state index contributed by atoms with van der Waals surface area (Å²) in [6.45, 7) is 4.64. The van der Waals surface area contributed by atoms with Crippen molar-refractivity contribution >= 4 is 22.3 Å². The standard InChI is InChI=1S/C25H26N6O/c1-16(2)19-4-6-21(7-5-19)30-15-20-9-17(3-8-23(20)29-30)10-24(32)22-13-28-31-14-18(11-26)12-27-25(22)31/h3,8-9,12-16,19,21H,4-7,10H2,1-2H3. The number of Topliss-reactive ketones (excluding diaryl/α,β-unsaturated/α-hetero) is 1. The van der Waals surface area contributed by atoms with E-state index in [1.165, 1.54) is 42.6 Å². The smallest absolute Gasteiger partial charge is 0.172 e. The van der Waals surface area contributed by atoms with Crippen LogP contribution in [0.2, 0.25) is 0 Å². The van der Waals surface area contributed by atoms with Crippen LogP contribution in [0.4, 0.5) is 0 Å². The van der Waals surface area contributed by atoms with Gasteiger partial charge in [-0.15, -0.1) is 0 Å². The molecule has 0 N–H and O–H groups in total. The number of benzene rings is 1. The minimum absolute atomic E-state index is 0.0454. The lowest BCUT2D eigenvalue weighted by Crippen LogP contribution is -2.21. The Morgan fingerprint density at radius 1 is 1.19 bits per heavy atom. The molecule has 0 radical (unpaired) electrons. The molecule has 3 aromatic heterocycles. The average molecular weight is 427 g/mol. The van der Waals surface area contributed by atoms with Crippen LogP contribution in [0.1, 0.15) is 67.1 Å². The zero-order valence-electron chi connectivity index (χ0n) is 18.4. The van der Waals surface area contributed by atoms with Gasteiger partial charge in [0.05, 0.1) is 35.1 Å². The Morgan fingerprint density at radius 3 is 2.75 bits per heavy atom. The van der Waals surface area contributed by atoms with Gasteiger partial charge in [0.2, 0.25) is 0 Å². The van der Waals surface area contributed by atoms with E-state index in [0.717, 1.165) is 28.3 Å². The molecule has 1 aliphatic rings. The van der Waals surface area contributed by atoms with E-state index in [1.807, 2.05) is 18.2 Å². The summed E-state index contributed by atoms with van der Waals surface area (Å²) in [5, 5.41) is 19.1. The maximum atomic E-state index is 12.9. The van der Waals surface area contributed by atoms with E-state index < -0.39 is 0 Å². The monoisotopic (exact) mass is 426 g/mol. The van der Waals surface area contributed by atoms with E-state index >= 15 is 0 Å². The molecule has 0 aliphatic heterocycles. The summed E-state index contributed by atoms with van der Waals surface area (Å²) in [7, 11) is 0. The van der Waals surface area contributed by atoms with Crippen molar-refractivity contribution in [3.63, 3.8) is 0 Å². The first kappa shape index (κ1) is 20.4. The summed E-state index contributed by atoms with van der Waals surface area (Å²) in [5.74, 6) is 1.54. The number of carbonyl (C=O) groups is 1. The molecule has 7 heteroatoms. The van der Waals surface area contributed by atoms with Gasteiger partial charge in [0.15, 0.2) is 11.4 Å². The number of nitriles is 1. The highest BCUT2D eigenvalue weighted by Crippen LogP contribution is 2.36. The molecule has 32 heavy (non-hydrogen) atoms. The van der Waals surface area contributed by atoms with Gasteiger partial charge >= 0.3 is 0 Å². The molecule has 1 fully saturated rings. The molecule has 7 nitrogen and oxygen atoms in total. The first-order valence-corrected chi connectivity index (χ1v) is 11.3. The van der Waals surface area contributed by atoms with E-state index in [0.29, 0.717) is 22.8 Å². The van der Waals surface area contributed by atoms with Crippen molar-refractivity contribution in [2.75, 3.05) is 0 Å². The quantitative estimate of drug-likeness (QED) is 0.429. The van der Waals surface area contributed by atoms with Crippen molar-refractivity contribution in [3.8, 4) is 6.07 Å². The highest BCUT2D eigenvalue weighted by Gasteiger charge is 2.25. The van der Waals surface area contributed by atoms with Crippen LogP contribution in [-0.2, 0) is 6.42 Å².